The molecule has 3 N–H and O–H groups in total. The minimum Gasteiger partial charge on any atom is -0.368 e. The van der Waals surface area contributed by atoms with Crippen LogP contribution < -0.4 is 11.1 Å². The molecule has 1 rings (SSSR count). The van der Waals surface area contributed by atoms with E-state index in [1.807, 2.05) is 0 Å². The molecule has 0 bridgehead atoms. The highest BCUT2D eigenvalue weighted by Crippen LogP contribution is 2.10. The van der Waals surface area contributed by atoms with Crippen LogP contribution in [0.25, 0.3) is 0 Å². The Hall–Kier alpha value is -1.62. The molecular formula is C8H8ClN3O2. The van der Waals surface area contributed by atoms with Crippen molar-refractivity contribution < 1.29 is 9.59 Å². The predicted molar refractivity (Wildman–Crippen MR) is 50.8 cm³/mol. The first-order valence-corrected chi connectivity index (χ1v) is 4.16. The Bertz CT molecular complexity index is 367. The van der Waals surface area contributed by atoms with Crippen LogP contribution >= 0.6 is 11.6 Å². The van der Waals surface area contributed by atoms with E-state index < -0.39 is 11.8 Å². The van der Waals surface area contributed by atoms with E-state index in [4.69, 9.17) is 17.3 Å². The van der Waals surface area contributed by atoms with Gasteiger partial charge in [-0.2, -0.15) is 0 Å². The molecular weight excluding hydrogens is 206 g/mol. The van der Waals surface area contributed by atoms with Crippen molar-refractivity contribution in [2.45, 2.75) is 0 Å². The van der Waals surface area contributed by atoms with E-state index in [1.54, 1.807) is 6.07 Å². The number of nitrogens with zero attached hydrogens (tertiary/aromatic N) is 1. The quantitative estimate of drug-likeness (QED) is 0.691. The van der Waals surface area contributed by atoms with Gasteiger partial charge >= 0.3 is 0 Å². The second kappa shape index (κ2) is 4.57. The lowest BCUT2D eigenvalue weighted by molar-refractivity contribution is -0.117. The largest absolute Gasteiger partial charge is 0.368 e. The highest BCUT2D eigenvalue weighted by molar-refractivity contribution is 6.32. The van der Waals surface area contributed by atoms with Gasteiger partial charge in [0.1, 0.15) is 5.15 Å². The molecule has 0 aliphatic rings. The first-order chi connectivity index (χ1) is 6.61. The van der Waals surface area contributed by atoms with E-state index in [2.05, 4.69) is 10.3 Å². The zero-order chi connectivity index (χ0) is 10.6. The molecule has 2 amide bonds. The van der Waals surface area contributed by atoms with Crippen LogP contribution in [0.5, 0.6) is 0 Å². The number of carbonyl (C=O) groups excluding carboxylic acids is 2. The van der Waals surface area contributed by atoms with Crippen LogP contribution in [0, 0.1) is 0 Å². The van der Waals surface area contributed by atoms with E-state index in [9.17, 15) is 9.59 Å². The summed E-state index contributed by atoms with van der Waals surface area (Å²) in [4.78, 5) is 25.4. The zero-order valence-electron chi connectivity index (χ0n) is 7.16. The third-order valence-corrected chi connectivity index (χ3v) is 1.73. The summed E-state index contributed by atoms with van der Waals surface area (Å²) in [6.07, 6.45) is 1.47. The van der Waals surface area contributed by atoms with Gasteiger partial charge in [0.15, 0.2) is 0 Å². The molecule has 14 heavy (non-hydrogen) atoms. The second-order valence-corrected chi connectivity index (χ2v) is 2.85. The van der Waals surface area contributed by atoms with Crippen LogP contribution in [-0.2, 0) is 4.79 Å². The van der Waals surface area contributed by atoms with E-state index in [0.717, 1.165) is 0 Å². The summed E-state index contributed by atoms with van der Waals surface area (Å²) in [7, 11) is 0. The molecule has 5 nitrogen and oxygen atoms in total. The van der Waals surface area contributed by atoms with Gasteiger partial charge in [0.2, 0.25) is 5.91 Å². The Morgan fingerprint density at radius 3 is 2.86 bits per heavy atom. The fourth-order valence-electron chi connectivity index (χ4n) is 0.818. The Morgan fingerprint density at radius 1 is 1.57 bits per heavy atom. The molecule has 1 aromatic rings. The van der Waals surface area contributed by atoms with E-state index in [0.29, 0.717) is 0 Å². The molecule has 0 aliphatic heterocycles. The topological polar surface area (TPSA) is 85.1 Å². The van der Waals surface area contributed by atoms with Crippen LogP contribution in [0.3, 0.4) is 0 Å². The average Bonchev–Trinajstić information content (AvgIpc) is 2.15. The molecule has 0 atom stereocenters. The minimum absolute atomic E-state index is 0.0921. The number of primary amides is 1. The first kappa shape index (κ1) is 10.5. The number of hydrogen-bond donors (Lipinski definition) is 2. The summed E-state index contributed by atoms with van der Waals surface area (Å²) < 4.78 is 0. The van der Waals surface area contributed by atoms with Gasteiger partial charge in [-0.3, -0.25) is 9.59 Å². The van der Waals surface area contributed by atoms with Gasteiger partial charge < -0.3 is 11.1 Å². The zero-order valence-corrected chi connectivity index (χ0v) is 7.91. The van der Waals surface area contributed by atoms with Gasteiger partial charge in [-0.05, 0) is 12.1 Å². The Balaban J connectivity index is 2.70. The van der Waals surface area contributed by atoms with Gasteiger partial charge in [0, 0.05) is 6.20 Å². The van der Waals surface area contributed by atoms with Gasteiger partial charge in [0.05, 0.1) is 12.1 Å². The monoisotopic (exact) mass is 213 g/mol. The number of amides is 2. The Kier molecular flexibility index (Phi) is 3.41. The maximum absolute atomic E-state index is 11.3. The smallest absolute Gasteiger partial charge is 0.254 e. The molecule has 0 aromatic carbocycles. The van der Waals surface area contributed by atoms with E-state index in [-0.39, 0.29) is 17.3 Å². The van der Waals surface area contributed by atoms with Gasteiger partial charge in [-0.25, -0.2) is 4.98 Å². The number of pyridine rings is 1. The van der Waals surface area contributed by atoms with Crippen LogP contribution in [-0.4, -0.2) is 23.3 Å². The van der Waals surface area contributed by atoms with Crippen molar-refractivity contribution in [3.05, 3.63) is 29.0 Å². The second-order valence-electron chi connectivity index (χ2n) is 2.49. The third-order valence-electron chi connectivity index (χ3n) is 1.43. The van der Waals surface area contributed by atoms with Gasteiger partial charge in [-0.1, -0.05) is 11.6 Å². The van der Waals surface area contributed by atoms with Crippen LogP contribution in [0.4, 0.5) is 0 Å². The van der Waals surface area contributed by atoms with Crippen LogP contribution in [0.1, 0.15) is 10.4 Å². The molecule has 0 radical (unpaired) electrons. The molecule has 0 aliphatic carbocycles. The van der Waals surface area contributed by atoms with Crippen LogP contribution in [0.2, 0.25) is 5.15 Å². The summed E-state index contributed by atoms with van der Waals surface area (Å²) in [6.45, 7) is -0.218. The first-order valence-electron chi connectivity index (χ1n) is 3.78. The molecule has 1 aromatic heterocycles. The summed E-state index contributed by atoms with van der Waals surface area (Å²) in [5, 5.41) is 2.39. The molecule has 1 heterocycles. The van der Waals surface area contributed by atoms with Gasteiger partial charge in [0.25, 0.3) is 5.91 Å². The maximum atomic E-state index is 11.3. The normalized spacial score (nSPS) is 9.50. The lowest BCUT2D eigenvalue weighted by Crippen LogP contribution is -2.33. The number of hydrogen-bond acceptors (Lipinski definition) is 3. The highest BCUT2D eigenvalue weighted by atomic mass is 35.5. The number of nitrogens with two attached hydrogens (primary N) is 1. The number of halogens is 1. The van der Waals surface area contributed by atoms with Gasteiger partial charge in [-0.15, -0.1) is 0 Å². The summed E-state index contributed by atoms with van der Waals surface area (Å²) in [6, 6.07) is 3.08. The van der Waals surface area contributed by atoms with Crippen molar-refractivity contribution in [3.8, 4) is 0 Å². The summed E-state index contributed by atoms with van der Waals surface area (Å²) in [5.74, 6) is -1.08. The number of nitrogens with one attached hydrogen (secondary N) is 1. The van der Waals surface area contributed by atoms with E-state index >= 15 is 0 Å². The summed E-state index contributed by atoms with van der Waals surface area (Å²) in [5.41, 5.74) is 5.07. The lowest BCUT2D eigenvalue weighted by atomic mass is 10.2. The number of carbonyl (C=O) groups is 2. The average molecular weight is 214 g/mol. The number of rotatable bonds is 3. The fraction of sp³-hybridized carbons (Fsp3) is 0.125. The molecule has 0 saturated carbocycles. The molecule has 0 unspecified atom stereocenters. The molecule has 0 saturated heterocycles. The van der Waals surface area contributed by atoms with Crippen molar-refractivity contribution in [2.24, 2.45) is 5.73 Å². The predicted octanol–water partition coefficient (Wildman–Crippen LogP) is -0.0499. The van der Waals surface area contributed by atoms with E-state index in [1.165, 1.54) is 12.3 Å². The summed E-state index contributed by atoms with van der Waals surface area (Å²) >= 11 is 5.65. The van der Waals surface area contributed by atoms with Crippen molar-refractivity contribution in [2.75, 3.05) is 6.54 Å². The lowest BCUT2D eigenvalue weighted by Gasteiger charge is -2.03. The minimum atomic E-state index is -0.613. The molecule has 0 spiro atoms. The standard InChI is InChI=1S/C8H8ClN3O2/c9-7-5(2-1-3-11-7)8(14)12-4-6(10)13/h1-3H,4H2,(H2,10,13)(H,12,14). The van der Waals surface area contributed by atoms with Crippen molar-refractivity contribution in [1.29, 1.82) is 0 Å². The van der Waals surface area contributed by atoms with Crippen molar-refractivity contribution >= 4 is 23.4 Å². The Morgan fingerprint density at radius 2 is 2.29 bits per heavy atom. The van der Waals surface area contributed by atoms with Crippen LogP contribution in [0.15, 0.2) is 18.3 Å². The van der Waals surface area contributed by atoms with Crippen molar-refractivity contribution in [3.63, 3.8) is 0 Å². The van der Waals surface area contributed by atoms with Crippen molar-refractivity contribution in [1.82, 2.24) is 10.3 Å². The third kappa shape index (κ3) is 2.70. The highest BCUT2D eigenvalue weighted by Gasteiger charge is 2.10. The molecule has 74 valence electrons. The molecule has 0 fully saturated rings. The maximum Gasteiger partial charge on any atom is 0.254 e. The fourth-order valence-corrected chi connectivity index (χ4v) is 1.02. The number of aromatic nitrogens is 1. The molecule has 6 heteroatoms. The Labute approximate surface area is 85.3 Å². The SMILES string of the molecule is NC(=O)CNC(=O)c1cccnc1Cl.